The van der Waals surface area contributed by atoms with Crippen LogP contribution in [0.5, 0.6) is 0 Å². The van der Waals surface area contributed by atoms with E-state index >= 15 is 0 Å². The maximum absolute atomic E-state index is 12.2. The molecule has 1 aromatic carbocycles. The average molecular weight is 333 g/mol. The van der Waals surface area contributed by atoms with E-state index < -0.39 is 27.3 Å². The molecule has 7 heteroatoms. The maximum atomic E-state index is 12.2. The van der Waals surface area contributed by atoms with Gasteiger partial charge in [0.15, 0.2) is 5.37 Å². The Morgan fingerprint density at radius 1 is 1.27 bits per heavy atom. The second-order valence-electron chi connectivity index (χ2n) is 4.82. The van der Waals surface area contributed by atoms with Crippen LogP contribution in [0.25, 0.3) is 6.08 Å². The van der Waals surface area contributed by atoms with Crippen LogP contribution in [-0.2, 0) is 14.9 Å². The fourth-order valence-electron chi connectivity index (χ4n) is 2.13. The van der Waals surface area contributed by atoms with Gasteiger partial charge in [-0.15, -0.1) is 0 Å². The summed E-state index contributed by atoms with van der Waals surface area (Å²) in [5.41, 5.74) is 0.940. The van der Waals surface area contributed by atoms with Crippen LogP contribution in [0.1, 0.15) is 19.4 Å². The van der Waals surface area contributed by atoms with Crippen LogP contribution in [0.4, 0.5) is 5.69 Å². The first-order valence-corrected chi connectivity index (χ1v) is 7.87. The molecule has 1 unspecified atom stereocenters. The zero-order chi connectivity index (χ0) is 16.2. The molecule has 0 aliphatic carbocycles. The Balaban J connectivity index is 0.00000441. The molecule has 1 rings (SSSR count). The predicted octanol–water partition coefficient (Wildman–Crippen LogP) is 2.07. The second-order valence-corrected chi connectivity index (χ2v) is 6.34. The molecule has 1 aromatic rings. The summed E-state index contributed by atoms with van der Waals surface area (Å²) in [6, 6.07) is 6.72. The van der Waals surface area contributed by atoms with Gasteiger partial charge in [-0.2, -0.15) is 8.42 Å². The number of hydrogen-bond donors (Lipinski definition) is 1. The van der Waals surface area contributed by atoms with Crippen LogP contribution < -0.4 is 4.90 Å². The van der Waals surface area contributed by atoms with E-state index in [1.165, 1.54) is 6.08 Å². The van der Waals surface area contributed by atoms with Gasteiger partial charge in [-0.05, 0) is 23.6 Å². The van der Waals surface area contributed by atoms with Crippen molar-refractivity contribution < 1.29 is 17.8 Å². The Labute approximate surface area is 153 Å². The first-order valence-electron chi connectivity index (χ1n) is 6.37. The van der Waals surface area contributed by atoms with Crippen molar-refractivity contribution in [2.75, 3.05) is 4.90 Å². The Bertz CT molecular complexity index is 655. The molecule has 0 aliphatic heterocycles. The zero-order valence-electron chi connectivity index (χ0n) is 12.1. The van der Waals surface area contributed by atoms with Gasteiger partial charge in [0.05, 0.1) is 5.69 Å². The summed E-state index contributed by atoms with van der Waals surface area (Å²) in [6.45, 7) is 10.3. The minimum atomic E-state index is -4.47. The molecule has 1 atom stereocenters. The number of nitrogens with zero attached hydrogens (tertiary/aromatic N) is 1. The van der Waals surface area contributed by atoms with E-state index in [9.17, 15) is 17.8 Å². The van der Waals surface area contributed by atoms with Crippen molar-refractivity contribution in [3.05, 3.63) is 49.1 Å². The SMILES string of the molecule is C=CC(=O)N(c1ccccc1C=C)C(C(C)C)S(=O)(=O)O.[NaH]. The Morgan fingerprint density at radius 2 is 1.82 bits per heavy atom. The second kappa shape index (κ2) is 8.64. The summed E-state index contributed by atoms with van der Waals surface area (Å²) >= 11 is 0. The van der Waals surface area contributed by atoms with Crippen LogP contribution >= 0.6 is 0 Å². The van der Waals surface area contributed by atoms with Gasteiger partial charge >= 0.3 is 29.6 Å². The number of anilines is 1. The van der Waals surface area contributed by atoms with E-state index in [1.807, 2.05) is 0 Å². The molecule has 5 nitrogen and oxygen atoms in total. The number of rotatable bonds is 6. The van der Waals surface area contributed by atoms with Gasteiger partial charge in [-0.25, -0.2) is 0 Å². The predicted molar refractivity (Wildman–Crippen MR) is 91.5 cm³/mol. The molecule has 0 spiro atoms. The summed E-state index contributed by atoms with van der Waals surface area (Å²) in [5.74, 6) is -1.12. The molecular weight excluding hydrogens is 313 g/mol. The normalized spacial score (nSPS) is 12.2. The van der Waals surface area contributed by atoms with Gasteiger partial charge in [-0.1, -0.05) is 51.3 Å². The summed E-state index contributed by atoms with van der Waals surface area (Å²) in [5, 5.41) is -1.40. The number of para-hydroxylation sites is 1. The number of amides is 1. The molecule has 0 fully saturated rings. The molecule has 0 heterocycles. The molecule has 116 valence electrons. The summed E-state index contributed by atoms with van der Waals surface area (Å²) in [7, 11) is -4.47. The monoisotopic (exact) mass is 333 g/mol. The quantitative estimate of drug-likeness (QED) is 0.491. The van der Waals surface area contributed by atoms with Crippen molar-refractivity contribution >= 4 is 57.3 Å². The molecule has 0 aromatic heterocycles. The van der Waals surface area contributed by atoms with Gasteiger partial charge in [-0.3, -0.25) is 14.2 Å². The van der Waals surface area contributed by atoms with Crippen molar-refractivity contribution in [1.82, 2.24) is 0 Å². The summed E-state index contributed by atoms with van der Waals surface area (Å²) in [4.78, 5) is 13.2. The number of benzene rings is 1. The third kappa shape index (κ3) is 4.79. The fourth-order valence-corrected chi connectivity index (χ4v) is 3.31. The van der Waals surface area contributed by atoms with Crippen LogP contribution in [0, 0.1) is 5.92 Å². The van der Waals surface area contributed by atoms with Crippen molar-refractivity contribution in [3.63, 3.8) is 0 Å². The van der Waals surface area contributed by atoms with Gasteiger partial charge in [0, 0.05) is 0 Å². The van der Waals surface area contributed by atoms with Crippen molar-refractivity contribution in [3.8, 4) is 0 Å². The van der Waals surface area contributed by atoms with Gasteiger partial charge in [0.25, 0.3) is 16.0 Å². The van der Waals surface area contributed by atoms with E-state index in [0.29, 0.717) is 11.3 Å². The van der Waals surface area contributed by atoms with Crippen molar-refractivity contribution in [2.24, 2.45) is 5.92 Å². The molecule has 1 N–H and O–H groups in total. The van der Waals surface area contributed by atoms with Crippen molar-refractivity contribution in [2.45, 2.75) is 19.2 Å². The molecule has 0 saturated heterocycles. The summed E-state index contributed by atoms with van der Waals surface area (Å²) < 4.78 is 32.9. The number of carbonyl (C=O) groups is 1. The van der Waals surface area contributed by atoms with Crippen LogP contribution in [-0.4, -0.2) is 53.8 Å². The van der Waals surface area contributed by atoms with Gasteiger partial charge in [0.2, 0.25) is 0 Å². The van der Waals surface area contributed by atoms with E-state index in [-0.39, 0.29) is 29.6 Å². The van der Waals surface area contributed by atoms with Crippen LogP contribution in [0.15, 0.2) is 43.5 Å². The van der Waals surface area contributed by atoms with Crippen LogP contribution in [0.2, 0.25) is 0 Å². The van der Waals surface area contributed by atoms with Crippen LogP contribution in [0.3, 0.4) is 0 Å². The first kappa shape index (κ1) is 21.1. The van der Waals surface area contributed by atoms with Gasteiger partial charge < -0.3 is 0 Å². The third-order valence-electron chi connectivity index (χ3n) is 2.96. The minimum absolute atomic E-state index is 0. The van der Waals surface area contributed by atoms with E-state index in [0.717, 1.165) is 11.0 Å². The molecule has 0 radical (unpaired) electrons. The molecule has 1 amide bonds. The standard InChI is InChI=1S/C15H19NO4S.Na.H/c1-5-12-9-7-8-10-13(12)16(14(17)6-2)15(11(3)4)21(18,19)20;;/h5-11,15H,1-2H2,3-4H3,(H,18,19,20);;. The van der Waals surface area contributed by atoms with E-state index in [1.54, 1.807) is 38.1 Å². The third-order valence-corrected chi connectivity index (χ3v) is 4.32. The van der Waals surface area contributed by atoms with E-state index in [4.69, 9.17) is 0 Å². The Hall–Kier alpha value is -0.920. The molecule has 22 heavy (non-hydrogen) atoms. The number of carbonyl (C=O) groups excluding carboxylic acids is 1. The molecule has 0 bridgehead atoms. The van der Waals surface area contributed by atoms with E-state index in [2.05, 4.69) is 13.2 Å². The zero-order valence-corrected chi connectivity index (χ0v) is 12.9. The van der Waals surface area contributed by atoms with Crippen molar-refractivity contribution in [1.29, 1.82) is 0 Å². The fraction of sp³-hybridized carbons (Fsp3) is 0.267. The average Bonchev–Trinajstić information content (AvgIpc) is 2.41. The molecular formula is C15H20NNaO4S. The Kier molecular flexibility index (Phi) is 8.28. The topological polar surface area (TPSA) is 74.7 Å². The summed E-state index contributed by atoms with van der Waals surface area (Å²) in [6.07, 6.45) is 2.53. The van der Waals surface area contributed by atoms with Gasteiger partial charge in [0.1, 0.15) is 0 Å². The Morgan fingerprint density at radius 3 is 2.23 bits per heavy atom. The molecule has 0 saturated carbocycles. The molecule has 0 aliphatic rings. The first-order chi connectivity index (χ1) is 9.73. The number of hydrogen-bond acceptors (Lipinski definition) is 3.